The van der Waals surface area contributed by atoms with E-state index in [-0.39, 0.29) is 0 Å². The third-order valence-corrected chi connectivity index (χ3v) is 5.79. The largest absolute Gasteiger partial charge is 0.314 e. The lowest BCUT2D eigenvalue weighted by molar-refractivity contribution is 0.144. The highest BCUT2D eigenvalue weighted by atomic mass is 14.9. The molecule has 3 unspecified atom stereocenters. The molecule has 0 radical (unpaired) electrons. The zero-order chi connectivity index (χ0) is 17.7. The number of hydrogen-bond donors (Lipinski definition) is 2. The third-order valence-electron chi connectivity index (χ3n) is 5.79. The summed E-state index contributed by atoms with van der Waals surface area (Å²) in [7, 11) is 0. The van der Waals surface area contributed by atoms with Gasteiger partial charge in [-0.1, -0.05) is 45.6 Å². The Morgan fingerprint density at radius 3 is 2.56 bits per heavy atom. The maximum Gasteiger partial charge on any atom is 0.0541 e. The number of nitrogens with zero attached hydrogens (tertiary/aromatic N) is 1. The first-order chi connectivity index (χ1) is 12.4. The van der Waals surface area contributed by atoms with Crippen molar-refractivity contribution in [3.8, 4) is 0 Å². The van der Waals surface area contributed by atoms with Crippen LogP contribution in [-0.2, 0) is 6.54 Å². The van der Waals surface area contributed by atoms with E-state index in [2.05, 4.69) is 27.8 Å². The van der Waals surface area contributed by atoms with Crippen molar-refractivity contribution >= 4 is 0 Å². The van der Waals surface area contributed by atoms with Crippen molar-refractivity contribution in [1.29, 1.82) is 0 Å². The molecule has 1 heterocycles. The van der Waals surface area contributed by atoms with Crippen LogP contribution < -0.4 is 10.6 Å². The molecular formula is C22H39N3. The van der Waals surface area contributed by atoms with Gasteiger partial charge in [0.2, 0.25) is 0 Å². The summed E-state index contributed by atoms with van der Waals surface area (Å²) in [5, 5.41) is 7.31. The SMILES string of the molecule is CC.c1ccc(CNCCCCNC2CCC3CCCCC3C2)nc1. The zero-order valence-corrected chi connectivity index (χ0v) is 16.5. The van der Waals surface area contributed by atoms with E-state index >= 15 is 0 Å². The van der Waals surface area contributed by atoms with E-state index in [1.807, 2.05) is 26.1 Å². The lowest BCUT2D eigenvalue weighted by Gasteiger charge is -2.39. The van der Waals surface area contributed by atoms with Crippen LogP contribution in [-0.4, -0.2) is 24.1 Å². The first-order valence-corrected chi connectivity index (χ1v) is 10.8. The summed E-state index contributed by atoms with van der Waals surface area (Å²) in [5.41, 5.74) is 1.13. The van der Waals surface area contributed by atoms with Gasteiger partial charge in [-0.05, 0) is 69.2 Å². The van der Waals surface area contributed by atoms with Crippen LogP contribution in [0.5, 0.6) is 0 Å². The highest BCUT2D eigenvalue weighted by molar-refractivity contribution is 5.02. The summed E-state index contributed by atoms with van der Waals surface area (Å²) in [6.07, 6.45) is 14.7. The highest BCUT2D eigenvalue weighted by Crippen LogP contribution is 2.40. The van der Waals surface area contributed by atoms with E-state index in [1.54, 1.807) is 0 Å². The number of aromatic nitrogens is 1. The van der Waals surface area contributed by atoms with Crippen LogP contribution in [0.3, 0.4) is 0 Å². The van der Waals surface area contributed by atoms with Crippen molar-refractivity contribution in [2.75, 3.05) is 13.1 Å². The average molecular weight is 346 g/mol. The highest BCUT2D eigenvalue weighted by Gasteiger charge is 2.31. The van der Waals surface area contributed by atoms with Gasteiger partial charge in [0, 0.05) is 18.8 Å². The van der Waals surface area contributed by atoms with Crippen LogP contribution in [0.15, 0.2) is 24.4 Å². The number of fused-ring (bicyclic) bond motifs is 1. The minimum absolute atomic E-state index is 0.802. The fraction of sp³-hybridized carbons (Fsp3) is 0.773. The van der Waals surface area contributed by atoms with Crippen molar-refractivity contribution in [2.24, 2.45) is 11.8 Å². The van der Waals surface area contributed by atoms with Crippen LogP contribution in [0.2, 0.25) is 0 Å². The predicted molar refractivity (Wildman–Crippen MR) is 108 cm³/mol. The topological polar surface area (TPSA) is 37.0 Å². The Bertz CT molecular complexity index is 434. The van der Waals surface area contributed by atoms with Crippen molar-refractivity contribution in [1.82, 2.24) is 15.6 Å². The van der Waals surface area contributed by atoms with Gasteiger partial charge in [0.1, 0.15) is 0 Å². The molecule has 142 valence electrons. The van der Waals surface area contributed by atoms with Crippen molar-refractivity contribution < 1.29 is 0 Å². The molecule has 1 aromatic rings. The molecule has 0 spiro atoms. The molecule has 0 bridgehead atoms. The minimum Gasteiger partial charge on any atom is -0.314 e. The molecule has 0 amide bonds. The molecule has 25 heavy (non-hydrogen) atoms. The lowest BCUT2D eigenvalue weighted by Crippen LogP contribution is -2.39. The Balaban J connectivity index is 0.00000109. The van der Waals surface area contributed by atoms with Crippen molar-refractivity contribution in [3.63, 3.8) is 0 Å². The Kier molecular flexibility index (Phi) is 10.1. The van der Waals surface area contributed by atoms with Gasteiger partial charge in [0.05, 0.1) is 5.69 Å². The molecule has 3 heteroatoms. The van der Waals surface area contributed by atoms with Crippen LogP contribution >= 0.6 is 0 Å². The fourth-order valence-corrected chi connectivity index (χ4v) is 4.46. The fourth-order valence-electron chi connectivity index (χ4n) is 4.46. The summed E-state index contributed by atoms with van der Waals surface area (Å²) in [5.74, 6) is 2.10. The molecule has 2 fully saturated rings. The van der Waals surface area contributed by atoms with Crippen molar-refractivity contribution in [3.05, 3.63) is 30.1 Å². The van der Waals surface area contributed by atoms with Crippen LogP contribution in [0, 0.1) is 11.8 Å². The summed E-state index contributed by atoms with van der Waals surface area (Å²) in [6, 6.07) is 6.90. The van der Waals surface area contributed by atoms with Gasteiger partial charge in [-0.25, -0.2) is 0 Å². The van der Waals surface area contributed by atoms with E-state index in [1.165, 1.54) is 64.3 Å². The van der Waals surface area contributed by atoms with Gasteiger partial charge in [-0.3, -0.25) is 4.98 Å². The van der Waals surface area contributed by atoms with Gasteiger partial charge in [0.25, 0.3) is 0 Å². The molecule has 0 aliphatic heterocycles. The van der Waals surface area contributed by atoms with Gasteiger partial charge >= 0.3 is 0 Å². The number of rotatable bonds is 8. The standard InChI is InChI=1S/C20H33N3.C2H6/c1-2-8-18-15-19(11-10-17(18)7-1)22-14-6-5-12-21-16-20-9-3-4-13-23-20;1-2/h3-4,9,13,17-19,21-22H,1-2,5-8,10-12,14-16H2;1-2H3. The van der Waals surface area contributed by atoms with Crippen LogP contribution in [0.4, 0.5) is 0 Å². The molecule has 3 nitrogen and oxygen atoms in total. The predicted octanol–water partition coefficient (Wildman–Crippen LogP) is 4.93. The zero-order valence-electron chi connectivity index (χ0n) is 16.5. The molecule has 2 saturated carbocycles. The van der Waals surface area contributed by atoms with Gasteiger partial charge in [0.15, 0.2) is 0 Å². The Morgan fingerprint density at radius 1 is 0.960 bits per heavy atom. The van der Waals surface area contributed by atoms with Gasteiger partial charge in [-0.15, -0.1) is 0 Å². The molecule has 0 aromatic carbocycles. The van der Waals surface area contributed by atoms with E-state index in [9.17, 15) is 0 Å². The first kappa shape index (κ1) is 20.4. The molecule has 0 saturated heterocycles. The lowest BCUT2D eigenvalue weighted by atomic mass is 9.69. The van der Waals surface area contributed by atoms with Crippen LogP contribution in [0.25, 0.3) is 0 Å². The average Bonchev–Trinajstić information content (AvgIpc) is 2.69. The normalized spacial score (nSPS) is 25.6. The molecule has 1 aromatic heterocycles. The van der Waals surface area contributed by atoms with Gasteiger partial charge < -0.3 is 10.6 Å². The second-order valence-electron chi connectivity index (χ2n) is 7.47. The molecule has 2 N–H and O–H groups in total. The Morgan fingerprint density at radius 2 is 1.76 bits per heavy atom. The summed E-state index contributed by atoms with van der Waals surface area (Å²) in [4.78, 5) is 4.33. The van der Waals surface area contributed by atoms with E-state index in [4.69, 9.17) is 0 Å². The third kappa shape index (κ3) is 7.45. The van der Waals surface area contributed by atoms with Crippen LogP contribution in [0.1, 0.15) is 77.3 Å². The maximum absolute atomic E-state index is 4.33. The van der Waals surface area contributed by atoms with E-state index in [0.717, 1.165) is 36.7 Å². The quantitative estimate of drug-likeness (QED) is 0.656. The van der Waals surface area contributed by atoms with Gasteiger partial charge in [-0.2, -0.15) is 0 Å². The summed E-state index contributed by atoms with van der Waals surface area (Å²) in [6.45, 7) is 7.17. The monoisotopic (exact) mass is 345 g/mol. The second kappa shape index (κ2) is 12.4. The smallest absolute Gasteiger partial charge is 0.0541 e. The molecule has 2 aliphatic rings. The molecular weight excluding hydrogens is 306 g/mol. The minimum atomic E-state index is 0.802. The number of pyridine rings is 1. The van der Waals surface area contributed by atoms with Crippen molar-refractivity contribution in [2.45, 2.75) is 84.2 Å². The number of nitrogens with one attached hydrogen (secondary N) is 2. The molecule has 2 aliphatic carbocycles. The first-order valence-electron chi connectivity index (χ1n) is 10.8. The van der Waals surface area contributed by atoms with E-state index < -0.39 is 0 Å². The number of hydrogen-bond acceptors (Lipinski definition) is 3. The Hall–Kier alpha value is -0.930. The summed E-state index contributed by atoms with van der Waals surface area (Å²) >= 11 is 0. The molecule has 3 rings (SSSR count). The molecule has 3 atom stereocenters. The number of unbranched alkanes of at least 4 members (excludes halogenated alkanes) is 1. The Labute approximate surface area is 155 Å². The maximum atomic E-state index is 4.33. The van der Waals surface area contributed by atoms with E-state index in [0.29, 0.717) is 0 Å². The summed E-state index contributed by atoms with van der Waals surface area (Å²) < 4.78 is 0. The second-order valence-corrected chi connectivity index (χ2v) is 7.47.